The Kier molecular flexibility index (Phi) is 6.21. The fourth-order valence-corrected chi connectivity index (χ4v) is 2.69. The largest absolute Gasteiger partial charge is 0.378 e. The van der Waals surface area contributed by atoms with Crippen LogP contribution in [0, 0.1) is 0 Å². The van der Waals surface area contributed by atoms with Crippen molar-refractivity contribution in [3.63, 3.8) is 0 Å². The highest BCUT2D eigenvalue weighted by atomic mass is 16.5. The van der Waals surface area contributed by atoms with E-state index < -0.39 is 0 Å². The molecule has 4 heteroatoms. The number of carbonyl (C=O) groups is 1. The number of amides is 1. The normalized spacial score (nSPS) is 19.3. The molecular formula is C17H26N2O2. The maximum atomic E-state index is 12.5. The summed E-state index contributed by atoms with van der Waals surface area (Å²) >= 11 is 0. The van der Waals surface area contributed by atoms with Gasteiger partial charge in [0.05, 0.1) is 6.10 Å². The summed E-state index contributed by atoms with van der Waals surface area (Å²) in [5.74, 6) is 0.120. The van der Waals surface area contributed by atoms with E-state index in [9.17, 15) is 4.79 Å². The standard InChI is InChI=1S/C17H26N2O2/c1-2-12-21-16-4-3-10-19(11-9-16)17(20)15-7-5-14(13-18)6-8-15/h5-8,16H,2-4,9-13,18H2,1H3. The molecular weight excluding hydrogens is 264 g/mol. The molecule has 1 aromatic rings. The van der Waals surface area contributed by atoms with Crippen LogP contribution in [0.2, 0.25) is 0 Å². The van der Waals surface area contributed by atoms with E-state index in [4.69, 9.17) is 10.5 Å². The molecule has 0 aromatic heterocycles. The highest BCUT2D eigenvalue weighted by molar-refractivity contribution is 5.94. The molecule has 0 spiro atoms. The number of ether oxygens (including phenoxy) is 1. The smallest absolute Gasteiger partial charge is 0.253 e. The van der Waals surface area contributed by atoms with Gasteiger partial charge in [-0.2, -0.15) is 0 Å². The van der Waals surface area contributed by atoms with Crippen LogP contribution >= 0.6 is 0 Å². The van der Waals surface area contributed by atoms with Crippen LogP contribution in [0.25, 0.3) is 0 Å². The van der Waals surface area contributed by atoms with E-state index in [0.717, 1.165) is 56.5 Å². The highest BCUT2D eigenvalue weighted by Crippen LogP contribution is 2.17. The van der Waals surface area contributed by atoms with Crippen LogP contribution in [0.3, 0.4) is 0 Å². The van der Waals surface area contributed by atoms with Gasteiger partial charge in [-0.15, -0.1) is 0 Å². The van der Waals surface area contributed by atoms with E-state index in [1.165, 1.54) is 0 Å². The minimum atomic E-state index is 0.120. The monoisotopic (exact) mass is 290 g/mol. The zero-order valence-electron chi connectivity index (χ0n) is 12.9. The maximum absolute atomic E-state index is 12.5. The third-order valence-corrected chi connectivity index (χ3v) is 3.96. The number of likely N-dealkylation sites (tertiary alicyclic amines) is 1. The van der Waals surface area contributed by atoms with Crippen molar-refractivity contribution in [2.75, 3.05) is 19.7 Å². The predicted molar refractivity (Wildman–Crippen MR) is 84.1 cm³/mol. The van der Waals surface area contributed by atoms with Crippen molar-refractivity contribution in [1.29, 1.82) is 0 Å². The van der Waals surface area contributed by atoms with Crippen LogP contribution in [0.5, 0.6) is 0 Å². The molecule has 1 atom stereocenters. The lowest BCUT2D eigenvalue weighted by Crippen LogP contribution is -2.32. The van der Waals surface area contributed by atoms with E-state index in [1.807, 2.05) is 29.2 Å². The first-order valence-corrected chi connectivity index (χ1v) is 7.94. The van der Waals surface area contributed by atoms with E-state index in [0.29, 0.717) is 12.6 Å². The van der Waals surface area contributed by atoms with Gasteiger partial charge in [0, 0.05) is 31.8 Å². The van der Waals surface area contributed by atoms with Gasteiger partial charge in [-0.1, -0.05) is 19.1 Å². The molecule has 2 rings (SSSR count). The fourth-order valence-electron chi connectivity index (χ4n) is 2.69. The van der Waals surface area contributed by atoms with Crippen LogP contribution in [0.1, 0.15) is 48.5 Å². The third-order valence-electron chi connectivity index (χ3n) is 3.96. The second-order valence-corrected chi connectivity index (χ2v) is 5.62. The Morgan fingerprint density at radius 1 is 1.29 bits per heavy atom. The quantitative estimate of drug-likeness (QED) is 0.906. The van der Waals surface area contributed by atoms with Gasteiger partial charge in [-0.05, 0) is 43.4 Å². The summed E-state index contributed by atoms with van der Waals surface area (Å²) < 4.78 is 5.82. The van der Waals surface area contributed by atoms with E-state index in [2.05, 4.69) is 6.92 Å². The van der Waals surface area contributed by atoms with Gasteiger partial charge in [-0.25, -0.2) is 0 Å². The molecule has 0 bridgehead atoms. The summed E-state index contributed by atoms with van der Waals surface area (Å²) in [5.41, 5.74) is 7.39. The molecule has 1 aliphatic rings. The summed E-state index contributed by atoms with van der Waals surface area (Å²) in [4.78, 5) is 14.5. The van der Waals surface area contributed by atoms with Gasteiger partial charge in [0.1, 0.15) is 0 Å². The molecule has 1 aliphatic heterocycles. The van der Waals surface area contributed by atoms with Gasteiger partial charge in [0.2, 0.25) is 0 Å². The number of carbonyl (C=O) groups excluding carboxylic acids is 1. The first-order chi connectivity index (χ1) is 10.2. The Morgan fingerprint density at radius 3 is 2.71 bits per heavy atom. The topological polar surface area (TPSA) is 55.6 Å². The molecule has 0 radical (unpaired) electrons. The Bertz CT molecular complexity index is 445. The molecule has 1 fully saturated rings. The van der Waals surface area contributed by atoms with Crippen molar-refractivity contribution < 1.29 is 9.53 Å². The van der Waals surface area contributed by atoms with Crippen LogP contribution in [-0.4, -0.2) is 36.6 Å². The Balaban J connectivity index is 1.92. The number of rotatable bonds is 5. The summed E-state index contributed by atoms with van der Waals surface area (Å²) in [7, 11) is 0. The molecule has 1 amide bonds. The lowest BCUT2D eigenvalue weighted by atomic mass is 10.1. The molecule has 1 saturated heterocycles. The first-order valence-electron chi connectivity index (χ1n) is 7.94. The fraction of sp³-hybridized carbons (Fsp3) is 0.588. The van der Waals surface area contributed by atoms with Crippen LogP contribution in [0.4, 0.5) is 0 Å². The molecule has 0 saturated carbocycles. The summed E-state index contributed by atoms with van der Waals surface area (Å²) in [6.45, 7) is 5.06. The number of benzene rings is 1. The van der Waals surface area contributed by atoms with Crippen LogP contribution in [-0.2, 0) is 11.3 Å². The zero-order valence-corrected chi connectivity index (χ0v) is 12.9. The Morgan fingerprint density at radius 2 is 2.05 bits per heavy atom. The van der Waals surface area contributed by atoms with E-state index in [-0.39, 0.29) is 5.91 Å². The molecule has 116 valence electrons. The minimum Gasteiger partial charge on any atom is -0.378 e. The number of hydrogen-bond donors (Lipinski definition) is 1. The van der Waals surface area contributed by atoms with Crippen molar-refractivity contribution in [2.45, 2.75) is 45.3 Å². The molecule has 0 aliphatic carbocycles. The lowest BCUT2D eigenvalue weighted by Gasteiger charge is -2.21. The van der Waals surface area contributed by atoms with Crippen molar-refractivity contribution in [1.82, 2.24) is 4.90 Å². The summed E-state index contributed by atoms with van der Waals surface area (Å²) in [6.07, 6.45) is 4.36. The second kappa shape index (κ2) is 8.15. The van der Waals surface area contributed by atoms with Crippen LogP contribution < -0.4 is 5.73 Å². The zero-order chi connectivity index (χ0) is 15.1. The van der Waals surface area contributed by atoms with E-state index in [1.54, 1.807) is 0 Å². The number of nitrogens with zero attached hydrogens (tertiary/aromatic N) is 1. The SMILES string of the molecule is CCCOC1CCCN(C(=O)c2ccc(CN)cc2)CC1. The third kappa shape index (κ3) is 4.55. The molecule has 2 N–H and O–H groups in total. The molecule has 21 heavy (non-hydrogen) atoms. The predicted octanol–water partition coefficient (Wildman–Crippen LogP) is 2.57. The van der Waals surface area contributed by atoms with Crippen molar-refractivity contribution in [3.8, 4) is 0 Å². The summed E-state index contributed by atoms with van der Waals surface area (Å²) in [6, 6.07) is 7.61. The van der Waals surface area contributed by atoms with Crippen molar-refractivity contribution in [2.24, 2.45) is 5.73 Å². The highest BCUT2D eigenvalue weighted by Gasteiger charge is 2.21. The molecule has 1 aromatic carbocycles. The van der Waals surface area contributed by atoms with Crippen molar-refractivity contribution >= 4 is 5.91 Å². The molecule has 1 heterocycles. The van der Waals surface area contributed by atoms with Gasteiger partial charge in [-0.3, -0.25) is 4.79 Å². The number of nitrogens with two attached hydrogens (primary N) is 1. The second-order valence-electron chi connectivity index (χ2n) is 5.62. The first kappa shape index (κ1) is 16.0. The van der Waals surface area contributed by atoms with Gasteiger partial charge < -0.3 is 15.4 Å². The van der Waals surface area contributed by atoms with Gasteiger partial charge >= 0.3 is 0 Å². The maximum Gasteiger partial charge on any atom is 0.253 e. The molecule has 1 unspecified atom stereocenters. The Labute approximate surface area is 127 Å². The van der Waals surface area contributed by atoms with Crippen LogP contribution in [0.15, 0.2) is 24.3 Å². The lowest BCUT2D eigenvalue weighted by molar-refractivity contribution is 0.0432. The number of hydrogen-bond acceptors (Lipinski definition) is 3. The average molecular weight is 290 g/mol. The minimum absolute atomic E-state index is 0.120. The van der Waals surface area contributed by atoms with Crippen molar-refractivity contribution in [3.05, 3.63) is 35.4 Å². The van der Waals surface area contributed by atoms with E-state index >= 15 is 0 Å². The summed E-state index contributed by atoms with van der Waals surface area (Å²) in [5, 5.41) is 0. The Hall–Kier alpha value is -1.39. The average Bonchev–Trinajstić information content (AvgIpc) is 2.78. The van der Waals surface area contributed by atoms with Gasteiger partial charge in [0.15, 0.2) is 0 Å². The molecule has 4 nitrogen and oxygen atoms in total. The van der Waals surface area contributed by atoms with Gasteiger partial charge in [0.25, 0.3) is 5.91 Å².